The third kappa shape index (κ3) is 3.71. The number of ether oxygens (including phenoxy) is 1. The number of pyridine rings is 1. The van der Waals surface area contributed by atoms with Crippen molar-refractivity contribution in [2.75, 3.05) is 57.4 Å². The molecule has 1 N–H and O–H groups in total. The Morgan fingerprint density at radius 2 is 1.91 bits per heavy atom. The predicted molar refractivity (Wildman–Crippen MR) is 133 cm³/mol. The van der Waals surface area contributed by atoms with E-state index in [1.807, 2.05) is 28.7 Å². The van der Waals surface area contributed by atoms with E-state index in [4.69, 9.17) is 9.72 Å². The van der Waals surface area contributed by atoms with Crippen LogP contribution in [0.3, 0.4) is 0 Å². The highest BCUT2D eigenvalue weighted by atomic mass is 32.1. The predicted octanol–water partition coefficient (Wildman–Crippen LogP) is 2.12. The van der Waals surface area contributed by atoms with Crippen molar-refractivity contribution in [1.29, 1.82) is 0 Å². The first-order chi connectivity index (χ1) is 16.7. The number of amides is 1. The van der Waals surface area contributed by atoms with Gasteiger partial charge in [0.2, 0.25) is 11.4 Å². The van der Waals surface area contributed by atoms with Gasteiger partial charge in [-0.25, -0.2) is 4.98 Å². The molecule has 1 amide bonds. The Kier molecular flexibility index (Phi) is 5.64. The fourth-order valence-corrected chi connectivity index (χ4v) is 5.98. The van der Waals surface area contributed by atoms with E-state index in [2.05, 4.69) is 20.1 Å². The van der Waals surface area contributed by atoms with Crippen LogP contribution in [0, 0.1) is 0 Å². The van der Waals surface area contributed by atoms with Crippen molar-refractivity contribution in [2.24, 2.45) is 0 Å². The van der Waals surface area contributed by atoms with Crippen molar-refractivity contribution >= 4 is 49.3 Å². The lowest BCUT2D eigenvalue weighted by atomic mass is 10.2. The Hall–Kier alpha value is -3.08. The Balaban J connectivity index is 1.44. The van der Waals surface area contributed by atoms with Crippen LogP contribution in [0.25, 0.3) is 26.1 Å². The van der Waals surface area contributed by atoms with Gasteiger partial charge in [-0.3, -0.25) is 18.9 Å². The van der Waals surface area contributed by atoms with Gasteiger partial charge in [0.1, 0.15) is 10.4 Å². The molecule has 0 atom stereocenters. The number of benzene rings is 1. The van der Waals surface area contributed by atoms with Gasteiger partial charge >= 0.3 is 0 Å². The number of morpholine rings is 1. The van der Waals surface area contributed by atoms with Gasteiger partial charge in [-0.2, -0.15) is 4.98 Å². The summed E-state index contributed by atoms with van der Waals surface area (Å²) in [5, 5.41) is 3.33. The summed E-state index contributed by atoms with van der Waals surface area (Å²) in [6, 6.07) is 7.93. The highest BCUT2D eigenvalue weighted by Crippen LogP contribution is 2.31. The summed E-state index contributed by atoms with van der Waals surface area (Å²) in [7, 11) is 0. The molecule has 9 nitrogen and oxygen atoms in total. The number of thiazole rings is 1. The molecule has 2 aliphatic rings. The van der Waals surface area contributed by atoms with Crippen molar-refractivity contribution in [3.63, 3.8) is 0 Å². The Bertz CT molecular complexity index is 1440. The molecule has 0 aliphatic carbocycles. The van der Waals surface area contributed by atoms with Crippen LogP contribution in [0.5, 0.6) is 0 Å². The Morgan fingerprint density at radius 1 is 1.12 bits per heavy atom. The topological polar surface area (TPSA) is 92.1 Å². The molecule has 2 fully saturated rings. The van der Waals surface area contributed by atoms with Crippen molar-refractivity contribution in [3.8, 4) is 0 Å². The molecule has 0 saturated carbocycles. The highest BCUT2D eigenvalue weighted by molar-refractivity contribution is 7.24. The van der Waals surface area contributed by atoms with Gasteiger partial charge in [-0.05, 0) is 25.0 Å². The number of carbonyl (C=O) groups is 1. The summed E-state index contributed by atoms with van der Waals surface area (Å²) >= 11 is 1.45. The van der Waals surface area contributed by atoms with Crippen molar-refractivity contribution in [1.82, 2.24) is 24.6 Å². The number of fused-ring (bicyclic) bond motifs is 5. The number of carbonyl (C=O) groups excluding carboxylic acids is 1. The van der Waals surface area contributed by atoms with Crippen LogP contribution < -0.4 is 15.6 Å². The van der Waals surface area contributed by atoms with Crippen LogP contribution in [0.15, 0.2) is 35.3 Å². The van der Waals surface area contributed by atoms with E-state index in [0.717, 1.165) is 55.8 Å². The molecule has 0 radical (unpaired) electrons. The van der Waals surface area contributed by atoms with Crippen LogP contribution >= 0.6 is 11.3 Å². The number of anilines is 1. The first-order valence-electron chi connectivity index (χ1n) is 11.8. The molecule has 2 saturated heterocycles. The minimum absolute atomic E-state index is 0.160. The minimum Gasteiger partial charge on any atom is -0.379 e. The number of nitrogens with zero attached hydrogens (tertiary/aromatic N) is 5. The van der Waals surface area contributed by atoms with E-state index in [1.54, 1.807) is 6.20 Å². The zero-order chi connectivity index (χ0) is 23.1. The van der Waals surface area contributed by atoms with Gasteiger partial charge in [0.05, 0.1) is 28.8 Å². The lowest BCUT2D eigenvalue weighted by Gasteiger charge is -2.26. The highest BCUT2D eigenvalue weighted by Gasteiger charge is 2.24. The third-order valence-electron chi connectivity index (χ3n) is 6.60. The first kappa shape index (κ1) is 21.5. The lowest BCUT2D eigenvalue weighted by molar-refractivity contribution is 0.0383. The summed E-state index contributed by atoms with van der Waals surface area (Å²) < 4.78 is 8.34. The monoisotopic (exact) mass is 478 g/mol. The second-order valence-electron chi connectivity index (χ2n) is 8.73. The summed E-state index contributed by atoms with van der Waals surface area (Å²) in [6.07, 6.45) is 3.81. The average molecular weight is 479 g/mol. The first-order valence-corrected chi connectivity index (χ1v) is 12.6. The fraction of sp³-hybridized carbons (Fsp3) is 0.417. The maximum atomic E-state index is 13.6. The van der Waals surface area contributed by atoms with Gasteiger partial charge in [-0.15, -0.1) is 11.3 Å². The minimum atomic E-state index is -0.354. The third-order valence-corrected chi connectivity index (χ3v) is 7.75. The van der Waals surface area contributed by atoms with Crippen LogP contribution in [-0.2, 0) is 4.74 Å². The SMILES string of the molecule is O=C(NCCN1CCOCC1)c1c(=O)c2cnc(N3CCCC3)nc2n2c1sc1ccccc12. The molecule has 176 valence electrons. The van der Waals surface area contributed by atoms with Crippen LogP contribution in [0.2, 0.25) is 0 Å². The molecular weight excluding hydrogens is 452 g/mol. The largest absolute Gasteiger partial charge is 0.379 e. The van der Waals surface area contributed by atoms with E-state index < -0.39 is 0 Å². The van der Waals surface area contributed by atoms with Crippen LogP contribution in [-0.4, -0.2) is 77.7 Å². The standard InChI is InChI=1S/C24H26N6O3S/c31-20-16-15-26-24(29-8-3-4-9-29)27-21(16)30-17-5-1-2-6-18(17)34-23(30)19(20)22(32)25-7-10-28-11-13-33-14-12-28/h1-2,5-6,15H,3-4,7-14H2,(H,25,32). The second-order valence-corrected chi connectivity index (χ2v) is 9.76. The van der Waals surface area contributed by atoms with Crippen molar-refractivity contribution < 1.29 is 9.53 Å². The molecule has 6 rings (SSSR count). The normalized spacial score (nSPS) is 17.2. The Morgan fingerprint density at radius 3 is 2.74 bits per heavy atom. The molecule has 1 aromatic carbocycles. The summed E-state index contributed by atoms with van der Waals surface area (Å²) in [5.41, 5.74) is 1.33. The molecule has 10 heteroatoms. The number of hydrogen-bond acceptors (Lipinski definition) is 8. The van der Waals surface area contributed by atoms with Crippen LogP contribution in [0.4, 0.5) is 5.95 Å². The summed E-state index contributed by atoms with van der Waals surface area (Å²) in [4.78, 5) is 41.2. The maximum Gasteiger partial charge on any atom is 0.258 e. The number of nitrogens with one attached hydrogen (secondary N) is 1. The number of para-hydroxylation sites is 1. The van der Waals surface area contributed by atoms with E-state index in [-0.39, 0.29) is 16.9 Å². The fourth-order valence-electron chi connectivity index (χ4n) is 4.80. The molecule has 2 aliphatic heterocycles. The molecule has 3 aromatic heterocycles. The molecule has 34 heavy (non-hydrogen) atoms. The zero-order valence-corrected chi connectivity index (χ0v) is 19.6. The molecule has 5 heterocycles. The van der Waals surface area contributed by atoms with E-state index in [0.29, 0.717) is 41.6 Å². The molecule has 0 spiro atoms. The van der Waals surface area contributed by atoms with Crippen molar-refractivity contribution in [3.05, 3.63) is 46.2 Å². The van der Waals surface area contributed by atoms with Gasteiger partial charge in [0.25, 0.3) is 5.91 Å². The lowest BCUT2D eigenvalue weighted by Crippen LogP contribution is -2.42. The quantitative estimate of drug-likeness (QED) is 0.470. The van der Waals surface area contributed by atoms with E-state index >= 15 is 0 Å². The molecular formula is C24H26N6O3S. The maximum absolute atomic E-state index is 13.6. The Labute approximate surface area is 200 Å². The average Bonchev–Trinajstić information content (AvgIpc) is 3.53. The molecule has 0 unspecified atom stereocenters. The molecule has 4 aromatic rings. The summed E-state index contributed by atoms with van der Waals surface area (Å²) in [6.45, 7) is 6.15. The number of hydrogen-bond donors (Lipinski definition) is 1. The van der Waals surface area contributed by atoms with Crippen LogP contribution in [0.1, 0.15) is 23.2 Å². The van der Waals surface area contributed by atoms with E-state index in [9.17, 15) is 9.59 Å². The zero-order valence-electron chi connectivity index (χ0n) is 18.8. The second kappa shape index (κ2) is 8.94. The van der Waals surface area contributed by atoms with Gasteiger partial charge in [0, 0.05) is 45.5 Å². The van der Waals surface area contributed by atoms with E-state index in [1.165, 1.54) is 11.3 Å². The van der Waals surface area contributed by atoms with Crippen molar-refractivity contribution in [2.45, 2.75) is 12.8 Å². The number of rotatable bonds is 5. The smallest absolute Gasteiger partial charge is 0.258 e. The summed E-state index contributed by atoms with van der Waals surface area (Å²) in [5.74, 6) is 0.282. The van der Waals surface area contributed by atoms with Gasteiger partial charge in [-0.1, -0.05) is 12.1 Å². The molecule has 0 bridgehead atoms. The van der Waals surface area contributed by atoms with Gasteiger partial charge in [0.15, 0.2) is 5.65 Å². The number of aromatic nitrogens is 3. The van der Waals surface area contributed by atoms with Gasteiger partial charge < -0.3 is 15.0 Å².